The minimum Gasteiger partial charge on any atom is -0.508 e. The average Bonchev–Trinajstić information content (AvgIpc) is 2.38. The highest BCUT2D eigenvalue weighted by Gasteiger charge is 2.20. The van der Waals surface area contributed by atoms with Crippen molar-refractivity contribution in [3.63, 3.8) is 0 Å². The summed E-state index contributed by atoms with van der Waals surface area (Å²) in [6.07, 6.45) is 4.05. The van der Waals surface area contributed by atoms with Gasteiger partial charge in [0.05, 0.1) is 12.7 Å². The van der Waals surface area contributed by atoms with Crippen molar-refractivity contribution in [1.82, 2.24) is 0 Å². The molecular formula is C15H16O5. The molecule has 3 N–H and O–H groups in total. The third kappa shape index (κ3) is 2.93. The molecule has 0 heterocycles. The summed E-state index contributed by atoms with van der Waals surface area (Å²) < 4.78 is 4.96. The van der Waals surface area contributed by atoms with E-state index in [4.69, 9.17) is 4.74 Å². The van der Waals surface area contributed by atoms with Gasteiger partial charge in [0.15, 0.2) is 17.3 Å². The molecule has 0 saturated carbocycles. The number of Topliss-reactive ketones (excluding diaryl/α,β-unsaturated/α-hetero) is 1. The second-order valence-corrected chi connectivity index (χ2v) is 4.65. The molecule has 1 aromatic carbocycles. The molecule has 0 radical (unpaired) electrons. The Kier molecular flexibility index (Phi) is 3.98. The lowest BCUT2D eigenvalue weighted by atomic mass is 9.91. The van der Waals surface area contributed by atoms with Crippen molar-refractivity contribution < 1.29 is 24.9 Å². The van der Waals surface area contributed by atoms with Gasteiger partial charge in [-0.2, -0.15) is 0 Å². The van der Waals surface area contributed by atoms with Gasteiger partial charge in [-0.25, -0.2) is 0 Å². The first-order valence-corrected chi connectivity index (χ1v) is 6.21. The fourth-order valence-corrected chi connectivity index (χ4v) is 2.17. The summed E-state index contributed by atoms with van der Waals surface area (Å²) >= 11 is 0. The zero-order valence-corrected chi connectivity index (χ0v) is 11.0. The predicted molar refractivity (Wildman–Crippen MR) is 72.6 cm³/mol. The molecule has 0 bridgehead atoms. The van der Waals surface area contributed by atoms with Gasteiger partial charge >= 0.3 is 0 Å². The molecule has 0 amide bonds. The Hall–Kier alpha value is -2.43. The topological polar surface area (TPSA) is 87.0 Å². The van der Waals surface area contributed by atoms with Gasteiger partial charge in [-0.3, -0.25) is 4.79 Å². The number of phenols is 2. The van der Waals surface area contributed by atoms with E-state index in [-0.39, 0.29) is 40.9 Å². The van der Waals surface area contributed by atoms with Gasteiger partial charge in [0.25, 0.3) is 0 Å². The highest BCUT2D eigenvalue weighted by Crippen LogP contribution is 2.28. The third-order valence-electron chi connectivity index (χ3n) is 3.20. The molecule has 2 rings (SSSR count). The minimum atomic E-state index is -0.245. The Morgan fingerprint density at radius 1 is 1.35 bits per heavy atom. The van der Waals surface area contributed by atoms with E-state index in [0.717, 1.165) is 6.07 Å². The second-order valence-electron chi connectivity index (χ2n) is 4.65. The Balaban J connectivity index is 2.08. The van der Waals surface area contributed by atoms with Crippen LogP contribution < -0.4 is 0 Å². The van der Waals surface area contributed by atoms with Crippen LogP contribution in [-0.2, 0) is 4.74 Å². The molecule has 1 aliphatic rings. The standard InChI is InChI=1S/C15H16O5/c1-20-15-5-2-9(7-14(15)19)6-12(17)11-4-3-10(16)8-13(11)18/h3-5,7-9,16,18-19H,2,6H2,1H3. The van der Waals surface area contributed by atoms with Gasteiger partial charge < -0.3 is 20.1 Å². The van der Waals surface area contributed by atoms with Gasteiger partial charge in [-0.15, -0.1) is 0 Å². The zero-order valence-electron chi connectivity index (χ0n) is 11.0. The van der Waals surface area contributed by atoms with E-state index >= 15 is 0 Å². The van der Waals surface area contributed by atoms with Crippen LogP contribution in [0, 0.1) is 5.92 Å². The number of allylic oxidation sites excluding steroid dienone is 2. The van der Waals surface area contributed by atoms with Crippen LogP contribution in [0.3, 0.4) is 0 Å². The Morgan fingerprint density at radius 3 is 2.70 bits per heavy atom. The predicted octanol–water partition coefficient (Wildman–Crippen LogP) is 2.66. The first-order chi connectivity index (χ1) is 9.51. The van der Waals surface area contributed by atoms with Crippen molar-refractivity contribution >= 4 is 5.78 Å². The molecule has 106 valence electrons. The second kappa shape index (κ2) is 5.69. The van der Waals surface area contributed by atoms with E-state index in [9.17, 15) is 20.1 Å². The van der Waals surface area contributed by atoms with E-state index in [0.29, 0.717) is 12.2 Å². The lowest BCUT2D eigenvalue weighted by Crippen LogP contribution is -2.11. The van der Waals surface area contributed by atoms with E-state index in [1.807, 2.05) is 0 Å². The summed E-state index contributed by atoms with van der Waals surface area (Å²) in [6, 6.07) is 3.87. The number of ether oxygens (including phenoxy) is 1. The van der Waals surface area contributed by atoms with Gasteiger partial charge in [-0.05, 0) is 36.6 Å². The molecular weight excluding hydrogens is 260 g/mol. The number of benzene rings is 1. The summed E-state index contributed by atoms with van der Waals surface area (Å²) in [5.74, 6) is -0.304. The summed E-state index contributed by atoms with van der Waals surface area (Å²) in [4.78, 5) is 12.1. The monoisotopic (exact) mass is 276 g/mol. The van der Waals surface area contributed by atoms with Crippen molar-refractivity contribution in [3.8, 4) is 11.5 Å². The number of aliphatic hydroxyl groups is 1. The van der Waals surface area contributed by atoms with Crippen LogP contribution in [0.4, 0.5) is 0 Å². The van der Waals surface area contributed by atoms with Gasteiger partial charge in [0.1, 0.15) is 11.5 Å². The van der Waals surface area contributed by atoms with Crippen molar-refractivity contribution in [2.24, 2.45) is 5.92 Å². The first-order valence-electron chi connectivity index (χ1n) is 6.21. The molecule has 5 heteroatoms. The van der Waals surface area contributed by atoms with E-state index in [1.54, 1.807) is 12.2 Å². The highest BCUT2D eigenvalue weighted by molar-refractivity contribution is 5.99. The SMILES string of the molecule is COC1=CCC(CC(=O)c2ccc(O)cc2O)C=C1O. The number of methoxy groups -OCH3 is 1. The molecule has 0 aromatic heterocycles. The number of rotatable bonds is 4. The molecule has 0 fully saturated rings. The number of hydrogen-bond acceptors (Lipinski definition) is 5. The summed E-state index contributed by atoms with van der Waals surface area (Å²) in [5, 5.41) is 28.5. The maximum Gasteiger partial charge on any atom is 0.167 e. The number of hydrogen-bond donors (Lipinski definition) is 3. The number of phenolic OH excluding ortho intramolecular Hbond substituents is 2. The lowest BCUT2D eigenvalue weighted by molar-refractivity contribution is 0.0965. The zero-order chi connectivity index (χ0) is 14.7. The van der Waals surface area contributed by atoms with E-state index < -0.39 is 0 Å². The molecule has 0 saturated heterocycles. The number of aromatic hydroxyl groups is 2. The molecule has 1 atom stereocenters. The number of carbonyl (C=O) groups excluding carboxylic acids is 1. The minimum absolute atomic E-state index is 0.0199. The summed E-state index contributed by atoms with van der Waals surface area (Å²) in [6.45, 7) is 0. The van der Waals surface area contributed by atoms with Crippen molar-refractivity contribution in [3.05, 3.63) is 47.4 Å². The van der Waals surface area contributed by atoms with Crippen molar-refractivity contribution in [2.75, 3.05) is 7.11 Å². The molecule has 1 aliphatic carbocycles. The molecule has 0 aliphatic heterocycles. The number of carbonyl (C=O) groups is 1. The van der Waals surface area contributed by atoms with Crippen LogP contribution >= 0.6 is 0 Å². The van der Waals surface area contributed by atoms with Gasteiger partial charge in [0, 0.05) is 12.5 Å². The molecule has 20 heavy (non-hydrogen) atoms. The highest BCUT2D eigenvalue weighted by atomic mass is 16.5. The first kappa shape index (κ1) is 14.0. The normalized spacial score (nSPS) is 18.1. The number of ketones is 1. The molecule has 1 unspecified atom stereocenters. The van der Waals surface area contributed by atoms with Crippen LogP contribution in [0.5, 0.6) is 11.5 Å². The van der Waals surface area contributed by atoms with Crippen LogP contribution in [-0.4, -0.2) is 28.2 Å². The quantitative estimate of drug-likeness (QED) is 0.736. The van der Waals surface area contributed by atoms with Crippen molar-refractivity contribution in [2.45, 2.75) is 12.8 Å². The van der Waals surface area contributed by atoms with Crippen LogP contribution in [0.25, 0.3) is 0 Å². The Labute approximate surface area is 116 Å². The molecule has 5 nitrogen and oxygen atoms in total. The maximum absolute atomic E-state index is 12.1. The fourth-order valence-electron chi connectivity index (χ4n) is 2.17. The van der Waals surface area contributed by atoms with Crippen molar-refractivity contribution in [1.29, 1.82) is 0 Å². The number of aliphatic hydroxyl groups excluding tert-OH is 1. The molecule has 0 spiro atoms. The fraction of sp³-hybridized carbons (Fsp3) is 0.267. The van der Waals surface area contributed by atoms with E-state index in [2.05, 4.69) is 0 Å². The Bertz CT molecular complexity index is 586. The van der Waals surface area contributed by atoms with Crippen LogP contribution in [0.2, 0.25) is 0 Å². The maximum atomic E-state index is 12.1. The summed E-state index contributed by atoms with van der Waals surface area (Å²) in [7, 11) is 1.47. The summed E-state index contributed by atoms with van der Waals surface area (Å²) in [5.41, 5.74) is 0.164. The Morgan fingerprint density at radius 2 is 2.10 bits per heavy atom. The van der Waals surface area contributed by atoms with Gasteiger partial charge in [0.2, 0.25) is 0 Å². The lowest BCUT2D eigenvalue weighted by Gasteiger charge is -2.17. The molecule has 1 aromatic rings. The van der Waals surface area contributed by atoms with Crippen LogP contribution in [0.1, 0.15) is 23.2 Å². The van der Waals surface area contributed by atoms with E-state index in [1.165, 1.54) is 19.2 Å². The van der Waals surface area contributed by atoms with Crippen LogP contribution in [0.15, 0.2) is 41.9 Å². The smallest absolute Gasteiger partial charge is 0.167 e. The third-order valence-corrected chi connectivity index (χ3v) is 3.20. The average molecular weight is 276 g/mol. The largest absolute Gasteiger partial charge is 0.508 e. The van der Waals surface area contributed by atoms with Gasteiger partial charge in [-0.1, -0.05) is 0 Å².